The summed E-state index contributed by atoms with van der Waals surface area (Å²) in [6.07, 6.45) is 5.78. The Kier molecular flexibility index (Phi) is 11.0. The van der Waals surface area contributed by atoms with Crippen molar-refractivity contribution in [2.24, 2.45) is 7.05 Å². The van der Waals surface area contributed by atoms with Crippen LogP contribution in [0.4, 0.5) is 0 Å². The number of aryl methyl sites for hydroxylation is 2. The van der Waals surface area contributed by atoms with Gasteiger partial charge in [-0.15, -0.1) is 16.0 Å². The number of halogens is 1. The summed E-state index contributed by atoms with van der Waals surface area (Å²) < 4.78 is 26.6. The van der Waals surface area contributed by atoms with Crippen LogP contribution in [0.5, 0.6) is 23.0 Å². The Labute approximate surface area is 280 Å². The van der Waals surface area contributed by atoms with Gasteiger partial charge in [0, 0.05) is 6.54 Å². The molecule has 0 bridgehead atoms. The van der Waals surface area contributed by atoms with Crippen LogP contribution in [0.2, 0.25) is 5.02 Å². The molecule has 5 rings (SSSR count). The third-order valence-electron chi connectivity index (χ3n) is 7.23. The van der Waals surface area contributed by atoms with Gasteiger partial charge >= 0.3 is 5.97 Å². The summed E-state index contributed by atoms with van der Waals surface area (Å²) in [6.45, 7) is 1.45. The van der Waals surface area contributed by atoms with Crippen molar-refractivity contribution in [1.29, 1.82) is 0 Å². The number of carbonyl (C=O) groups is 2. The summed E-state index contributed by atoms with van der Waals surface area (Å²) in [5.41, 5.74) is 2.89. The van der Waals surface area contributed by atoms with Gasteiger partial charge in [-0.1, -0.05) is 35.9 Å². The fourth-order valence-corrected chi connectivity index (χ4v) is 5.69. The number of ether oxygens (including phenoxy) is 4. The molecule has 3 aromatic carbocycles. The Morgan fingerprint density at radius 3 is 2.19 bits per heavy atom. The smallest absolute Gasteiger partial charge is 0.347 e. The highest BCUT2D eigenvalue weighted by atomic mass is 35.5. The van der Waals surface area contributed by atoms with E-state index in [0.717, 1.165) is 39.5 Å². The fraction of sp³-hybridized carbons (Fsp3) is 0.235. The first-order valence-electron chi connectivity index (χ1n) is 14.6. The van der Waals surface area contributed by atoms with Crippen LogP contribution in [-0.4, -0.2) is 47.4 Å². The summed E-state index contributed by atoms with van der Waals surface area (Å²) in [5, 5.41) is 12.9. The highest BCUT2D eigenvalue weighted by molar-refractivity contribution is 7.16. The molecule has 0 unspecified atom stereocenters. The average Bonchev–Trinajstić information content (AvgIpc) is 3.73. The Morgan fingerprint density at radius 2 is 1.60 bits per heavy atom. The first kappa shape index (κ1) is 33.3. The van der Waals surface area contributed by atoms with E-state index in [1.165, 1.54) is 6.20 Å². The standard InChI is InChI=1S/C34H33ClN4O7S/c1-38-18-24(33-37-17-29(47-33)34(41)42)19-39(38)16-4-15-36-32(40)27-13-14-28(45-20-22-5-9-25(43-2)10-6-22)31(30(27)35)46-21-23-7-11-26(44-3)12-8-23/h5-14,17-19H,4,15-16,20-21H2,1-3H3,(H-,36,40,41,42)/p+1. The quantitative estimate of drug-likeness (QED) is 0.106. The van der Waals surface area contributed by atoms with Crippen LogP contribution >= 0.6 is 22.9 Å². The van der Waals surface area contributed by atoms with E-state index < -0.39 is 5.97 Å². The van der Waals surface area contributed by atoms with Gasteiger partial charge < -0.3 is 29.4 Å². The number of carbonyl (C=O) groups excluding carboxylic acids is 1. The molecule has 13 heteroatoms. The normalized spacial score (nSPS) is 10.8. The molecule has 0 aliphatic carbocycles. The molecule has 0 saturated heterocycles. The largest absolute Gasteiger partial charge is 0.497 e. The van der Waals surface area contributed by atoms with Crippen molar-refractivity contribution in [3.63, 3.8) is 0 Å². The number of carboxylic acids is 1. The van der Waals surface area contributed by atoms with Gasteiger partial charge in [-0.2, -0.15) is 4.68 Å². The van der Waals surface area contributed by atoms with Crippen molar-refractivity contribution in [1.82, 2.24) is 15.0 Å². The van der Waals surface area contributed by atoms with Gasteiger partial charge in [0.15, 0.2) is 18.5 Å². The third-order valence-corrected chi connectivity index (χ3v) is 8.64. The average molecular weight is 678 g/mol. The number of hydrogen-bond acceptors (Lipinski definition) is 8. The van der Waals surface area contributed by atoms with E-state index >= 15 is 0 Å². The lowest BCUT2D eigenvalue weighted by atomic mass is 10.1. The molecule has 0 spiro atoms. The second-order valence-corrected chi connectivity index (χ2v) is 11.8. The number of benzene rings is 3. The third kappa shape index (κ3) is 8.40. The van der Waals surface area contributed by atoms with E-state index in [9.17, 15) is 14.7 Å². The van der Waals surface area contributed by atoms with Crippen LogP contribution < -0.4 is 28.9 Å². The molecule has 0 aliphatic rings. The van der Waals surface area contributed by atoms with Gasteiger partial charge in [-0.25, -0.2) is 9.78 Å². The first-order valence-corrected chi connectivity index (χ1v) is 15.8. The summed E-state index contributed by atoms with van der Waals surface area (Å²) in [4.78, 5) is 28.9. The van der Waals surface area contributed by atoms with E-state index in [0.29, 0.717) is 30.3 Å². The van der Waals surface area contributed by atoms with Crippen LogP contribution in [0.3, 0.4) is 0 Å². The minimum atomic E-state index is -1.000. The molecule has 5 aromatic rings. The Hall–Kier alpha value is -5.07. The topological polar surface area (TPSA) is 125 Å². The van der Waals surface area contributed by atoms with Crippen LogP contribution in [0.15, 0.2) is 79.3 Å². The molecule has 2 aromatic heterocycles. The molecule has 11 nitrogen and oxygen atoms in total. The molecular formula is C34H34ClN4O7S+. The van der Waals surface area contributed by atoms with Crippen LogP contribution in [-0.2, 0) is 26.8 Å². The number of methoxy groups -OCH3 is 2. The molecule has 0 radical (unpaired) electrons. The van der Waals surface area contributed by atoms with Gasteiger partial charge in [0.1, 0.15) is 34.6 Å². The SMILES string of the molecule is COc1ccc(COc2ccc(C(=O)NCCCn3cc(-c4ncc(C(=O)O)s4)c[n+]3C)c(Cl)c2OCc2ccc(OC)cc2)cc1. The second-order valence-electron chi connectivity index (χ2n) is 10.4. The minimum Gasteiger partial charge on any atom is -0.497 e. The molecular weight excluding hydrogens is 644 g/mol. The number of aromatic nitrogens is 3. The molecule has 0 fully saturated rings. The summed E-state index contributed by atoms with van der Waals surface area (Å²) in [6, 6.07) is 18.3. The Balaban J connectivity index is 1.24. The fourth-order valence-electron chi connectivity index (χ4n) is 4.66. The van der Waals surface area contributed by atoms with Crippen molar-refractivity contribution in [2.75, 3.05) is 20.8 Å². The van der Waals surface area contributed by atoms with E-state index in [1.54, 1.807) is 26.4 Å². The summed E-state index contributed by atoms with van der Waals surface area (Å²) in [5.74, 6) is 0.808. The van der Waals surface area contributed by atoms with E-state index in [4.69, 9.17) is 30.5 Å². The summed E-state index contributed by atoms with van der Waals surface area (Å²) in [7, 11) is 5.11. The molecule has 0 atom stereocenters. The van der Waals surface area contributed by atoms with Crippen LogP contribution in [0.1, 0.15) is 37.6 Å². The first-order chi connectivity index (χ1) is 22.7. The number of aromatic carboxylic acids is 1. The predicted molar refractivity (Wildman–Crippen MR) is 177 cm³/mol. The maximum absolute atomic E-state index is 13.3. The number of hydrogen-bond donors (Lipinski definition) is 2. The predicted octanol–water partition coefficient (Wildman–Crippen LogP) is 5.78. The molecule has 244 valence electrons. The zero-order valence-corrected chi connectivity index (χ0v) is 27.6. The van der Waals surface area contributed by atoms with E-state index in [-0.39, 0.29) is 40.3 Å². The maximum Gasteiger partial charge on any atom is 0.347 e. The summed E-state index contributed by atoms with van der Waals surface area (Å²) >= 11 is 7.92. The lowest BCUT2D eigenvalue weighted by Crippen LogP contribution is -2.38. The molecule has 2 N–H and O–H groups in total. The van der Waals surface area contributed by atoms with E-state index in [1.807, 2.05) is 77.3 Å². The number of nitrogens with zero attached hydrogens (tertiary/aromatic N) is 3. The van der Waals surface area contributed by atoms with Gasteiger partial charge in [0.25, 0.3) is 5.91 Å². The zero-order chi connectivity index (χ0) is 33.3. The van der Waals surface area contributed by atoms with Gasteiger partial charge in [0.2, 0.25) is 6.20 Å². The highest BCUT2D eigenvalue weighted by Crippen LogP contribution is 2.39. The molecule has 1 amide bonds. The van der Waals surface area contributed by atoms with Gasteiger partial charge in [-0.05, 0) is 53.9 Å². The van der Waals surface area contributed by atoms with E-state index in [2.05, 4.69) is 10.3 Å². The van der Waals surface area contributed by atoms with Crippen molar-refractivity contribution in [3.8, 4) is 33.6 Å². The zero-order valence-electron chi connectivity index (χ0n) is 26.1. The molecule has 2 heterocycles. The number of thiazole rings is 1. The lowest BCUT2D eigenvalue weighted by Gasteiger charge is -2.17. The minimum absolute atomic E-state index is 0.147. The van der Waals surface area contributed by atoms with Crippen LogP contribution in [0.25, 0.3) is 10.6 Å². The van der Waals surface area contributed by atoms with Crippen LogP contribution in [0, 0.1) is 0 Å². The van der Waals surface area contributed by atoms with Gasteiger partial charge in [-0.3, -0.25) is 4.79 Å². The van der Waals surface area contributed by atoms with Gasteiger partial charge in [0.05, 0.1) is 49.3 Å². The molecule has 47 heavy (non-hydrogen) atoms. The number of nitrogens with one attached hydrogen (secondary N) is 1. The molecule has 0 aliphatic heterocycles. The number of carboxylic acid groups (broad SMARTS) is 1. The second kappa shape index (κ2) is 15.5. The Bertz CT molecular complexity index is 1840. The molecule has 0 saturated carbocycles. The monoisotopic (exact) mass is 677 g/mol. The number of rotatable bonds is 15. The van der Waals surface area contributed by atoms with Crippen molar-refractivity contribution >= 4 is 34.8 Å². The van der Waals surface area contributed by atoms with Crippen molar-refractivity contribution in [2.45, 2.75) is 26.2 Å². The number of amides is 1. The Morgan fingerprint density at radius 1 is 0.957 bits per heavy atom. The van der Waals surface area contributed by atoms with Crippen molar-refractivity contribution < 1.29 is 38.3 Å². The van der Waals surface area contributed by atoms with Crippen molar-refractivity contribution in [3.05, 3.63) is 106 Å². The highest BCUT2D eigenvalue weighted by Gasteiger charge is 2.20. The maximum atomic E-state index is 13.3. The lowest BCUT2D eigenvalue weighted by molar-refractivity contribution is -0.753.